The van der Waals surface area contributed by atoms with E-state index in [1.165, 1.54) is 11.3 Å². The van der Waals surface area contributed by atoms with Crippen molar-refractivity contribution in [2.75, 3.05) is 6.61 Å². The number of carbonyl (C=O) groups excluding carboxylic acids is 1. The van der Waals surface area contributed by atoms with E-state index in [1.807, 2.05) is 66.7 Å². The molecule has 0 amide bonds. The topological polar surface area (TPSA) is 58.6 Å². The van der Waals surface area contributed by atoms with E-state index in [0.717, 1.165) is 15.6 Å². The van der Waals surface area contributed by atoms with Crippen molar-refractivity contribution in [3.05, 3.63) is 89.3 Å². The molecule has 6 heteroatoms. The number of fused-ring (bicyclic) bond motifs is 1. The van der Waals surface area contributed by atoms with Crippen LogP contribution in [-0.4, -0.2) is 17.1 Å². The summed E-state index contributed by atoms with van der Waals surface area (Å²) in [6.45, 7) is 2.47. The first kappa shape index (κ1) is 20.5. The maximum absolute atomic E-state index is 13.3. The maximum atomic E-state index is 13.3. The SMILES string of the molecule is CCOC(=O)c1sc2cc(OCc3ccccc3)ccc2c1[S+]([O-])c1ccccc1. The fourth-order valence-electron chi connectivity index (χ4n) is 3.06. The second-order valence-corrected chi connectivity index (χ2v) is 8.96. The summed E-state index contributed by atoms with van der Waals surface area (Å²) in [5, 5.41) is 0.775. The monoisotopic (exact) mass is 436 g/mol. The minimum absolute atomic E-state index is 0.260. The molecular weight excluding hydrogens is 416 g/mol. The average Bonchev–Trinajstić information content (AvgIpc) is 3.17. The zero-order chi connectivity index (χ0) is 20.9. The Balaban J connectivity index is 1.71. The second kappa shape index (κ2) is 9.34. The van der Waals surface area contributed by atoms with Gasteiger partial charge in [0.25, 0.3) is 0 Å². The molecule has 4 rings (SSSR count). The van der Waals surface area contributed by atoms with E-state index in [1.54, 1.807) is 19.1 Å². The maximum Gasteiger partial charge on any atom is 0.353 e. The molecule has 0 fully saturated rings. The molecule has 4 aromatic rings. The Morgan fingerprint density at radius 3 is 2.40 bits per heavy atom. The van der Waals surface area contributed by atoms with Gasteiger partial charge in [-0.1, -0.05) is 48.5 Å². The molecular formula is C24H20O4S2. The molecule has 0 aliphatic carbocycles. The van der Waals surface area contributed by atoms with Gasteiger partial charge in [-0.3, -0.25) is 0 Å². The van der Waals surface area contributed by atoms with Crippen LogP contribution in [0.15, 0.2) is 88.7 Å². The third-order valence-corrected chi connectivity index (χ3v) is 7.22. The lowest BCUT2D eigenvalue weighted by atomic mass is 10.2. The van der Waals surface area contributed by atoms with Crippen molar-refractivity contribution >= 4 is 38.6 Å². The van der Waals surface area contributed by atoms with Crippen LogP contribution in [0.1, 0.15) is 22.2 Å². The van der Waals surface area contributed by atoms with Gasteiger partial charge in [-0.25, -0.2) is 4.79 Å². The fourth-order valence-corrected chi connectivity index (χ4v) is 5.77. The van der Waals surface area contributed by atoms with Crippen molar-refractivity contribution in [3.8, 4) is 5.75 Å². The predicted molar refractivity (Wildman–Crippen MR) is 120 cm³/mol. The standard InChI is InChI=1S/C24H20O4S2/c1-2-27-24(25)22-23(30(26)19-11-7-4-8-12-19)20-14-13-18(15-21(20)29-22)28-16-17-9-5-3-6-10-17/h3-15H,2,16H2,1H3. The van der Waals surface area contributed by atoms with Gasteiger partial charge in [-0.05, 0) is 42.8 Å². The summed E-state index contributed by atoms with van der Waals surface area (Å²) >= 11 is -0.214. The van der Waals surface area contributed by atoms with E-state index in [2.05, 4.69) is 0 Å². The molecule has 0 saturated heterocycles. The molecule has 0 aliphatic rings. The van der Waals surface area contributed by atoms with E-state index >= 15 is 0 Å². The van der Waals surface area contributed by atoms with Gasteiger partial charge in [0.15, 0.2) is 14.7 Å². The number of benzene rings is 3. The van der Waals surface area contributed by atoms with E-state index in [4.69, 9.17) is 9.47 Å². The zero-order valence-corrected chi connectivity index (χ0v) is 18.0. The first-order valence-corrected chi connectivity index (χ1v) is 11.5. The van der Waals surface area contributed by atoms with Gasteiger partial charge in [-0.2, -0.15) is 0 Å². The van der Waals surface area contributed by atoms with E-state index in [-0.39, 0.29) is 6.61 Å². The van der Waals surface area contributed by atoms with Crippen molar-refractivity contribution < 1.29 is 18.8 Å². The Labute approximate surface area is 182 Å². The highest BCUT2D eigenvalue weighted by atomic mass is 32.2. The van der Waals surface area contributed by atoms with Crippen molar-refractivity contribution in [1.29, 1.82) is 0 Å². The van der Waals surface area contributed by atoms with Gasteiger partial charge < -0.3 is 14.0 Å². The third kappa shape index (κ3) is 4.36. The highest BCUT2D eigenvalue weighted by molar-refractivity contribution is 7.92. The molecule has 152 valence electrons. The highest BCUT2D eigenvalue weighted by Gasteiger charge is 2.30. The van der Waals surface area contributed by atoms with Crippen molar-refractivity contribution in [1.82, 2.24) is 0 Å². The van der Waals surface area contributed by atoms with Gasteiger partial charge in [-0.15, -0.1) is 11.3 Å². The Bertz CT molecular complexity index is 1140. The Morgan fingerprint density at radius 2 is 1.70 bits per heavy atom. The number of carbonyl (C=O) groups is 1. The molecule has 0 saturated carbocycles. The summed E-state index contributed by atoms with van der Waals surface area (Å²) < 4.78 is 25.3. The van der Waals surface area contributed by atoms with E-state index < -0.39 is 17.1 Å². The minimum Gasteiger partial charge on any atom is -0.606 e. The number of hydrogen-bond donors (Lipinski definition) is 0. The number of thiophene rings is 1. The largest absolute Gasteiger partial charge is 0.606 e. The molecule has 1 aromatic heterocycles. The van der Waals surface area contributed by atoms with Gasteiger partial charge >= 0.3 is 5.97 Å². The Morgan fingerprint density at radius 1 is 1.00 bits per heavy atom. The number of rotatable bonds is 7. The molecule has 1 heterocycles. The van der Waals surface area contributed by atoms with Gasteiger partial charge in [0.1, 0.15) is 12.4 Å². The lowest BCUT2D eigenvalue weighted by Gasteiger charge is -2.11. The first-order valence-electron chi connectivity index (χ1n) is 9.54. The van der Waals surface area contributed by atoms with Crippen LogP contribution in [0.25, 0.3) is 10.1 Å². The molecule has 0 bridgehead atoms. The Hall–Kier alpha value is -2.80. The van der Waals surface area contributed by atoms with Crippen LogP contribution < -0.4 is 4.74 Å². The van der Waals surface area contributed by atoms with Crippen LogP contribution in [0.2, 0.25) is 0 Å². The fraction of sp³-hybridized carbons (Fsp3) is 0.125. The quantitative estimate of drug-likeness (QED) is 0.270. The van der Waals surface area contributed by atoms with Crippen LogP contribution in [0.3, 0.4) is 0 Å². The van der Waals surface area contributed by atoms with Crippen molar-refractivity contribution in [2.45, 2.75) is 23.3 Å². The summed E-state index contributed by atoms with van der Waals surface area (Å²) in [5.41, 5.74) is 1.07. The van der Waals surface area contributed by atoms with Crippen LogP contribution in [0.5, 0.6) is 5.75 Å². The number of esters is 1. The molecule has 30 heavy (non-hydrogen) atoms. The van der Waals surface area contributed by atoms with Crippen LogP contribution in [0, 0.1) is 0 Å². The summed E-state index contributed by atoms with van der Waals surface area (Å²) in [7, 11) is 0. The Kier molecular flexibility index (Phi) is 6.38. The molecule has 3 aromatic carbocycles. The van der Waals surface area contributed by atoms with E-state index in [0.29, 0.717) is 27.0 Å². The van der Waals surface area contributed by atoms with Crippen LogP contribution in [-0.2, 0) is 22.5 Å². The number of ether oxygens (including phenoxy) is 2. The molecule has 0 N–H and O–H groups in total. The van der Waals surface area contributed by atoms with Gasteiger partial charge in [0.05, 0.1) is 6.61 Å². The number of hydrogen-bond acceptors (Lipinski definition) is 5. The average molecular weight is 437 g/mol. The molecule has 4 nitrogen and oxygen atoms in total. The molecule has 0 aliphatic heterocycles. The van der Waals surface area contributed by atoms with Gasteiger partial charge in [0.2, 0.25) is 0 Å². The smallest absolute Gasteiger partial charge is 0.353 e. The summed E-state index contributed by atoms with van der Waals surface area (Å²) in [6.07, 6.45) is 0. The summed E-state index contributed by atoms with van der Waals surface area (Å²) in [4.78, 5) is 14.1. The highest BCUT2D eigenvalue weighted by Crippen LogP contribution is 2.39. The minimum atomic E-state index is -1.50. The van der Waals surface area contributed by atoms with E-state index in [9.17, 15) is 9.35 Å². The lowest BCUT2D eigenvalue weighted by molar-refractivity contribution is 0.0528. The first-order chi connectivity index (χ1) is 14.7. The lowest BCUT2D eigenvalue weighted by Crippen LogP contribution is -2.10. The molecule has 0 spiro atoms. The normalized spacial score (nSPS) is 11.9. The van der Waals surface area contributed by atoms with Crippen LogP contribution in [0.4, 0.5) is 0 Å². The zero-order valence-electron chi connectivity index (χ0n) is 16.4. The predicted octanol–water partition coefficient (Wildman–Crippen LogP) is 5.82. The summed E-state index contributed by atoms with van der Waals surface area (Å²) in [6, 6.07) is 24.6. The van der Waals surface area contributed by atoms with Crippen molar-refractivity contribution in [2.24, 2.45) is 0 Å². The third-order valence-electron chi connectivity index (χ3n) is 4.47. The molecule has 1 unspecified atom stereocenters. The molecule has 1 atom stereocenters. The molecule has 0 radical (unpaired) electrons. The van der Waals surface area contributed by atoms with Crippen molar-refractivity contribution in [3.63, 3.8) is 0 Å². The summed E-state index contributed by atoms with van der Waals surface area (Å²) in [5.74, 6) is 0.241. The van der Waals surface area contributed by atoms with Crippen LogP contribution >= 0.6 is 11.3 Å². The van der Waals surface area contributed by atoms with Gasteiger partial charge in [0, 0.05) is 21.3 Å². The second-order valence-electron chi connectivity index (χ2n) is 6.49.